The molecule has 1 N–H and O–H groups in total. The van der Waals surface area contributed by atoms with Crippen molar-refractivity contribution in [3.05, 3.63) is 70.1 Å². The zero-order valence-corrected chi connectivity index (χ0v) is 13.1. The monoisotopic (exact) mass is 324 g/mol. The lowest BCUT2D eigenvalue weighted by molar-refractivity contribution is 0.0689. The molecule has 6 heteroatoms. The van der Waals surface area contributed by atoms with Crippen molar-refractivity contribution in [3.63, 3.8) is 0 Å². The van der Waals surface area contributed by atoms with Crippen LogP contribution in [0.25, 0.3) is 10.8 Å². The molecule has 0 amide bonds. The van der Waals surface area contributed by atoms with Gasteiger partial charge >= 0.3 is 5.97 Å². The number of fused-ring (bicyclic) bond motifs is 1. The predicted octanol–water partition coefficient (Wildman–Crippen LogP) is 2.48. The lowest BCUT2D eigenvalue weighted by Crippen LogP contribution is -2.28. The maximum atomic E-state index is 12.4. The average Bonchev–Trinajstić information content (AvgIpc) is 2.58. The van der Waals surface area contributed by atoms with Gasteiger partial charge in [0, 0.05) is 5.39 Å². The summed E-state index contributed by atoms with van der Waals surface area (Å²) in [5, 5.41) is 14.0. The molecule has 0 saturated carbocycles. The van der Waals surface area contributed by atoms with Gasteiger partial charge in [0.05, 0.1) is 11.9 Å². The molecule has 6 nitrogen and oxygen atoms in total. The van der Waals surface area contributed by atoms with Crippen LogP contribution in [0.15, 0.2) is 53.3 Å². The van der Waals surface area contributed by atoms with E-state index in [0.717, 1.165) is 10.2 Å². The van der Waals surface area contributed by atoms with Gasteiger partial charge in [0.15, 0.2) is 5.69 Å². The zero-order chi connectivity index (χ0) is 17.1. The fourth-order valence-corrected chi connectivity index (χ4v) is 2.43. The van der Waals surface area contributed by atoms with Crippen LogP contribution in [0.1, 0.15) is 16.1 Å². The third-order valence-corrected chi connectivity index (χ3v) is 3.66. The van der Waals surface area contributed by atoms with Crippen LogP contribution in [-0.2, 0) is 6.54 Å². The van der Waals surface area contributed by atoms with Gasteiger partial charge in [-0.25, -0.2) is 9.48 Å². The molecule has 0 spiro atoms. The molecule has 0 aliphatic carbocycles. The maximum absolute atomic E-state index is 12.4. The van der Waals surface area contributed by atoms with Crippen molar-refractivity contribution in [2.75, 3.05) is 6.61 Å². The number of nitrogens with zero attached hydrogens (tertiary/aromatic N) is 2. The SMILES string of the molecule is Cc1ccc(OCCn2nc(C(=O)O)c3ccccc3c2=O)cc1. The predicted molar refractivity (Wildman–Crippen MR) is 89.6 cm³/mol. The van der Waals surface area contributed by atoms with Gasteiger partial charge in [-0.3, -0.25) is 4.79 Å². The summed E-state index contributed by atoms with van der Waals surface area (Å²) in [6, 6.07) is 14.1. The van der Waals surface area contributed by atoms with E-state index < -0.39 is 5.97 Å². The van der Waals surface area contributed by atoms with Gasteiger partial charge in [0.1, 0.15) is 12.4 Å². The number of aromatic nitrogens is 2. The highest BCUT2D eigenvalue weighted by molar-refractivity contribution is 6.01. The molecule has 0 aliphatic heterocycles. The van der Waals surface area contributed by atoms with Crippen LogP contribution < -0.4 is 10.3 Å². The maximum Gasteiger partial charge on any atom is 0.357 e. The summed E-state index contributed by atoms with van der Waals surface area (Å²) >= 11 is 0. The summed E-state index contributed by atoms with van der Waals surface area (Å²) < 4.78 is 6.72. The Hall–Kier alpha value is -3.15. The largest absolute Gasteiger partial charge is 0.492 e. The fourth-order valence-electron chi connectivity index (χ4n) is 2.43. The Kier molecular flexibility index (Phi) is 4.29. The smallest absolute Gasteiger partial charge is 0.357 e. The van der Waals surface area contributed by atoms with E-state index >= 15 is 0 Å². The van der Waals surface area contributed by atoms with Crippen molar-refractivity contribution in [2.45, 2.75) is 13.5 Å². The number of ether oxygens (including phenoxy) is 1. The molecular formula is C18H16N2O4. The third kappa shape index (κ3) is 3.12. The number of carboxylic acids is 1. The first-order valence-corrected chi connectivity index (χ1v) is 7.49. The summed E-state index contributed by atoms with van der Waals surface area (Å²) in [5.41, 5.74) is 0.657. The highest BCUT2D eigenvalue weighted by Crippen LogP contribution is 2.14. The van der Waals surface area contributed by atoms with Crippen LogP contribution in [0.3, 0.4) is 0 Å². The molecule has 3 aromatic rings. The molecule has 0 radical (unpaired) electrons. The van der Waals surface area contributed by atoms with Gasteiger partial charge in [-0.2, -0.15) is 5.10 Å². The molecular weight excluding hydrogens is 308 g/mol. The van der Waals surface area contributed by atoms with Gasteiger partial charge < -0.3 is 9.84 Å². The van der Waals surface area contributed by atoms with Crippen molar-refractivity contribution < 1.29 is 14.6 Å². The molecule has 122 valence electrons. The normalized spacial score (nSPS) is 10.7. The Bertz CT molecular complexity index is 945. The number of carboxylic acid groups (broad SMARTS) is 1. The van der Waals surface area contributed by atoms with E-state index in [2.05, 4.69) is 5.10 Å². The molecule has 0 saturated heterocycles. The van der Waals surface area contributed by atoms with Crippen molar-refractivity contribution in [1.29, 1.82) is 0 Å². The quantitative estimate of drug-likeness (QED) is 0.780. The van der Waals surface area contributed by atoms with Crippen LogP contribution >= 0.6 is 0 Å². The van der Waals surface area contributed by atoms with E-state index in [4.69, 9.17) is 4.74 Å². The minimum Gasteiger partial charge on any atom is -0.492 e. The zero-order valence-electron chi connectivity index (χ0n) is 13.1. The summed E-state index contributed by atoms with van der Waals surface area (Å²) in [6.07, 6.45) is 0. The Balaban J connectivity index is 1.86. The highest BCUT2D eigenvalue weighted by Gasteiger charge is 2.15. The average molecular weight is 324 g/mol. The molecule has 1 aromatic heterocycles. The number of carbonyl (C=O) groups is 1. The third-order valence-electron chi connectivity index (χ3n) is 3.66. The molecule has 0 unspecified atom stereocenters. The molecule has 2 aromatic carbocycles. The van der Waals surface area contributed by atoms with Gasteiger partial charge in [0.2, 0.25) is 0 Å². The first kappa shape index (κ1) is 15.7. The Morgan fingerprint density at radius 3 is 2.46 bits per heavy atom. The van der Waals surface area contributed by atoms with E-state index in [0.29, 0.717) is 16.5 Å². The van der Waals surface area contributed by atoms with E-state index in [1.165, 1.54) is 0 Å². The van der Waals surface area contributed by atoms with Crippen LogP contribution in [0.5, 0.6) is 5.75 Å². The first-order valence-electron chi connectivity index (χ1n) is 7.49. The summed E-state index contributed by atoms with van der Waals surface area (Å²) in [4.78, 5) is 23.8. The number of benzene rings is 2. The second kappa shape index (κ2) is 6.54. The summed E-state index contributed by atoms with van der Waals surface area (Å²) in [7, 11) is 0. The van der Waals surface area contributed by atoms with E-state index in [1.54, 1.807) is 24.3 Å². The standard InChI is InChI=1S/C18H16N2O4/c1-12-6-8-13(9-7-12)24-11-10-20-17(21)15-5-3-2-4-14(15)16(19-20)18(22)23/h2-9H,10-11H2,1H3,(H,22,23). The molecule has 0 bridgehead atoms. The van der Waals surface area contributed by atoms with E-state index in [1.807, 2.05) is 31.2 Å². The summed E-state index contributed by atoms with van der Waals surface area (Å²) in [6.45, 7) is 2.36. The molecule has 24 heavy (non-hydrogen) atoms. The van der Waals surface area contributed by atoms with Gasteiger partial charge in [-0.05, 0) is 25.1 Å². The second-order valence-electron chi connectivity index (χ2n) is 5.39. The van der Waals surface area contributed by atoms with Gasteiger partial charge in [-0.15, -0.1) is 0 Å². The van der Waals surface area contributed by atoms with Crippen molar-refractivity contribution in [2.24, 2.45) is 0 Å². The van der Waals surface area contributed by atoms with Crippen molar-refractivity contribution >= 4 is 16.7 Å². The molecule has 1 heterocycles. The van der Waals surface area contributed by atoms with E-state index in [9.17, 15) is 14.7 Å². The van der Waals surface area contributed by atoms with Crippen LogP contribution in [0.4, 0.5) is 0 Å². The summed E-state index contributed by atoms with van der Waals surface area (Å²) in [5.74, 6) is -0.479. The van der Waals surface area contributed by atoms with Crippen molar-refractivity contribution in [1.82, 2.24) is 9.78 Å². The Morgan fingerprint density at radius 2 is 1.79 bits per heavy atom. The van der Waals surface area contributed by atoms with Crippen LogP contribution in [0.2, 0.25) is 0 Å². The lowest BCUT2D eigenvalue weighted by Gasteiger charge is -2.10. The lowest BCUT2D eigenvalue weighted by atomic mass is 10.1. The minimum atomic E-state index is -1.17. The molecule has 0 aliphatic rings. The number of aryl methyl sites for hydroxylation is 1. The molecule has 3 rings (SSSR count). The minimum absolute atomic E-state index is 0.138. The Labute approximate surface area is 137 Å². The van der Waals surface area contributed by atoms with Crippen LogP contribution in [-0.4, -0.2) is 27.5 Å². The van der Waals surface area contributed by atoms with Crippen molar-refractivity contribution in [3.8, 4) is 5.75 Å². The Morgan fingerprint density at radius 1 is 1.12 bits per heavy atom. The van der Waals surface area contributed by atoms with Crippen LogP contribution in [0, 0.1) is 6.92 Å². The molecule has 0 fully saturated rings. The first-order chi connectivity index (χ1) is 11.6. The number of hydrogen-bond acceptors (Lipinski definition) is 4. The number of hydrogen-bond donors (Lipinski definition) is 1. The van der Waals surface area contributed by atoms with Gasteiger partial charge in [0.25, 0.3) is 5.56 Å². The molecule has 0 atom stereocenters. The number of rotatable bonds is 5. The highest BCUT2D eigenvalue weighted by atomic mass is 16.5. The van der Waals surface area contributed by atoms with E-state index in [-0.39, 0.29) is 24.4 Å². The van der Waals surface area contributed by atoms with Gasteiger partial charge in [-0.1, -0.05) is 35.9 Å². The second-order valence-corrected chi connectivity index (χ2v) is 5.39. The number of aromatic carboxylic acids is 1. The topological polar surface area (TPSA) is 81.4 Å². The fraction of sp³-hybridized carbons (Fsp3) is 0.167.